The fourth-order valence-electron chi connectivity index (χ4n) is 3.44. The van der Waals surface area contributed by atoms with Crippen molar-refractivity contribution in [1.29, 1.82) is 0 Å². The number of aromatic amines is 1. The Bertz CT molecular complexity index is 1030. The zero-order valence-electron chi connectivity index (χ0n) is 15.0. The molecule has 0 fully saturated rings. The number of phenolic OH excluding ortho intramolecular Hbond substituents is 1. The predicted molar refractivity (Wildman–Crippen MR) is 114 cm³/mol. The highest BCUT2D eigenvalue weighted by atomic mass is 79.9. The van der Waals surface area contributed by atoms with Crippen LogP contribution >= 0.6 is 15.9 Å². The maximum absolute atomic E-state index is 10.6. The molecule has 1 heterocycles. The van der Waals surface area contributed by atoms with Crippen LogP contribution < -0.4 is 0 Å². The van der Waals surface area contributed by atoms with Crippen LogP contribution in [0, 0.1) is 6.92 Å². The number of nitrogens with one attached hydrogen (secondary N) is 1. The second-order valence-electron chi connectivity index (χ2n) is 6.75. The normalized spacial score (nSPS) is 12.1. The van der Waals surface area contributed by atoms with Crippen LogP contribution in [0.2, 0.25) is 0 Å². The van der Waals surface area contributed by atoms with Crippen LogP contribution in [-0.4, -0.2) is 10.1 Å². The second kappa shape index (κ2) is 7.45. The molecule has 1 unspecified atom stereocenters. The van der Waals surface area contributed by atoms with E-state index < -0.39 is 0 Å². The lowest BCUT2D eigenvalue weighted by Gasteiger charge is -2.20. The molecule has 4 rings (SSSR count). The zero-order chi connectivity index (χ0) is 18.8. The average molecular weight is 418 g/mol. The quantitative estimate of drug-likeness (QED) is 0.358. The van der Waals surface area contributed by atoms with Crippen LogP contribution in [0.4, 0.5) is 0 Å². The van der Waals surface area contributed by atoms with Gasteiger partial charge in [0.2, 0.25) is 0 Å². The Morgan fingerprint density at radius 3 is 2.11 bits per heavy atom. The van der Waals surface area contributed by atoms with E-state index in [1.54, 1.807) is 6.07 Å². The third-order valence-electron chi connectivity index (χ3n) is 4.87. The zero-order valence-corrected chi connectivity index (χ0v) is 16.6. The Balaban J connectivity index is 1.81. The van der Waals surface area contributed by atoms with Crippen molar-refractivity contribution in [2.24, 2.45) is 0 Å². The summed E-state index contributed by atoms with van der Waals surface area (Å²) in [5, 5.41) is 10.6. The van der Waals surface area contributed by atoms with E-state index in [1.165, 1.54) is 5.56 Å². The first-order valence-corrected chi connectivity index (χ1v) is 9.70. The molecule has 0 aliphatic carbocycles. The first-order chi connectivity index (χ1) is 13.1. The van der Waals surface area contributed by atoms with Crippen molar-refractivity contribution in [2.45, 2.75) is 12.8 Å². The van der Waals surface area contributed by atoms with E-state index in [4.69, 9.17) is 0 Å². The van der Waals surface area contributed by atoms with Crippen LogP contribution in [0.1, 0.15) is 28.2 Å². The van der Waals surface area contributed by atoms with Gasteiger partial charge in [0.1, 0.15) is 5.75 Å². The molecule has 1 atom stereocenters. The SMILES string of the molecule is Cc1ccc(C(c2ccc(-c3ccc[nH]3)cc2)c2ccc(Br)cc2O)cc1. The Labute approximate surface area is 167 Å². The van der Waals surface area contributed by atoms with E-state index in [2.05, 4.69) is 82.4 Å². The molecule has 3 aromatic carbocycles. The molecule has 2 nitrogen and oxygen atoms in total. The number of aromatic nitrogens is 1. The van der Waals surface area contributed by atoms with Gasteiger partial charge >= 0.3 is 0 Å². The summed E-state index contributed by atoms with van der Waals surface area (Å²) in [4.78, 5) is 3.24. The van der Waals surface area contributed by atoms with Gasteiger partial charge in [0, 0.05) is 27.8 Å². The molecule has 0 aliphatic heterocycles. The van der Waals surface area contributed by atoms with Crippen molar-refractivity contribution in [3.63, 3.8) is 0 Å². The summed E-state index contributed by atoms with van der Waals surface area (Å²) in [6.07, 6.45) is 1.93. The molecule has 2 N–H and O–H groups in total. The Hall–Kier alpha value is -2.78. The molecule has 0 radical (unpaired) electrons. The second-order valence-corrected chi connectivity index (χ2v) is 7.67. The molecule has 0 saturated heterocycles. The smallest absolute Gasteiger partial charge is 0.120 e. The van der Waals surface area contributed by atoms with Gasteiger partial charge in [-0.05, 0) is 47.9 Å². The van der Waals surface area contributed by atoms with Gasteiger partial charge in [0.25, 0.3) is 0 Å². The van der Waals surface area contributed by atoms with E-state index in [-0.39, 0.29) is 5.92 Å². The first-order valence-electron chi connectivity index (χ1n) is 8.90. The number of hydrogen-bond acceptors (Lipinski definition) is 1. The topological polar surface area (TPSA) is 36.0 Å². The molecule has 134 valence electrons. The van der Waals surface area contributed by atoms with Gasteiger partial charge in [-0.25, -0.2) is 0 Å². The Morgan fingerprint density at radius 2 is 1.52 bits per heavy atom. The number of aryl methyl sites for hydroxylation is 1. The lowest BCUT2D eigenvalue weighted by molar-refractivity contribution is 0.467. The predicted octanol–water partition coefficient (Wildman–Crippen LogP) is 6.64. The van der Waals surface area contributed by atoms with Gasteiger partial charge in [-0.2, -0.15) is 0 Å². The summed E-state index contributed by atoms with van der Waals surface area (Å²) in [6, 6.07) is 26.8. The van der Waals surface area contributed by atoms with E-state index >= 15 is 0 Å². The summed E-state index contributed by atoms with van der Waals surface area (Å²) in [6.45, 7) is 2.08. The largest absolute Gasteiger partial charge is 0.508 e. The van der Waals surface area contributed by atoms with E-state index in [0.29, 0.717) is 5.75 Å². The number of halogens is 1. The molecular formula is C24H20BrNO. The molecular weight excluding hydrogens is 398 g/mol. The van der Waals surface area contributed by atoms with Crippen LogP contribution in [0.15, 0.2) is 89.5 Å². The lowest BCUT2D eigenvalue weighted by Crippen LogP contribution is -2.04. The molecule has 4 aromatic rings. The van der Waals surface area contributed by atoms with Crippen LogP contribution in [0.25, 0.3) is 11.3 Å². The number of benzene rings is 3. The van der Waals surface area contributed by atoms with E-state index in [9.17, 15) is 5.11 Å². The average Bonchev–Trinajstić information content (AvgIpc) is 3.20. The number of phenols is 1. The van der Waals surface area contributed by atoms with E-state index in [1.807, 2.05) is 24.4 Å². The van der Waals surface area contributed by atoms with Gasteiger partial charge < -0.3 is 10.1 Å². The minimum Gasteiger partial charge on any atom is -0.508 e. The number of hydrogen-bond donors (Lipinski definition) is 2. The highest BCUT2D eigenvalue weighted by Crippen LogP contribution is 2.38. The van der Waals surface area contributed by atoms with Crippen LogP contribution in [-0.2, 0) is 0 Å². The third kappa shape index (κ3) is 3.69. The van der Waals surface area contributed by atoms with E-state index in [0.717, 1.165) is 32.4 Å². The van der Waals surface area contributed by atoms with Crippen molar-refractivity contribution >= 4 is 15.9 Å². The standard InChI is InChI=1S/C24H20BrNO/c1-16-4-6-18(7-5-16)24(21-13-12-20(25)15-23(21)27)19-10-8-17(9-11-19)22-3-2-14-26-22/h2-15,24,26-27H,1H3. The molecule has 3 heteroatoms. The van der Waals surface area contributed by atoms with Crippen molar-refractivity contribution in [3.8, 4) is 17.0 Å². The molecule has 0 aliphatic rings. The van der Waals surface area contributed by atoms with Crippen molar-refractivity contribution in [3.05, 3.63) is 112 Å². The summed E-state index contributed by atoms with van der Waals surface area (Å²) in [5.41, 5.74) is 6.67. The third-order valence-corrected chi connectivity index (χ3v) is 5.36. The minimum absolute atomic E-state index is 0.0311. The number of H-pyrrole nitrogens is 1. The van der Waals surface area contributed by atoms with Crippen molar-refractivity contribution < 1.29 is 5.11 Å². The molecule has 1 aromatic heterocycles. The van der Waals surface area contributed by atoms with Crippen LogP contribution in [0.3, 0.4) is 0 Å². The first kappa shape index (κ1) is 17.6. The minimum atomic E-state index is -0.0311. The Morgan fingerprint density at radius 1 is 0.852 bits per heavy atom. The maximum atomic E-state index is 10.6. The lowest BCUT2D eigenvalue weighted by atomic mass is 9.84. The van der Waals surface area contributed by atoms with Crippen LogP contribution in [0.5, 0.6) is 5.75 Å². The molecule has 0 saturated carbocycles. The van der Waals surface area contributed by atoms with Gasteiger partial charge in [0.15, 0.2) is 0 Å². The molecule has 0 spiro atoms. The summed E-state index contributed by atoms with van der Waals surface area (Å²) in [7, 11) is 0. The van der Waals surface area contributed by atoms with Gasteiger partial charge in [0.05, 0.1) is 0 Å². The summed E-state index contributed by atoms with van der Waals surface area (Å²) < 4.78 is 0.869. The van der Waals surface area contributed by atoms with Gasteiger partial charge in [-0.3, -0.25) is 0 Å². The summed E-state index contributed by atoms with van der Waals surface area (Å²) in [5.74, 6) is 0.264. The fraction of sp³-hybridized carbons (Fsp3) is 0.0833. The van der Waals surface area contributed by atoms with Crippen molar-refractivity contribution in [1.82, 2.24) is 4.98 Å². The molecule has 27 heavy (non-hydrogen) atoms. The fourth-order valence-corrected chi connectivity index (χ4v) is 3.79. The van der Waals surface area contributed by atoms with Gasteiger partial charge in [-0.15, -0.1) is 0 Å². The summed E-state index contributed by atoms with van der Waals surface area (Å²) >= 11 is 3.44. The molecule has 0 bridgehead atoms. The van der Waals surface area contributed by atoms with Crippen molar-refractivity contribution in [2.75, 3.05) is 0 Å². The number of aromatic hydroxyl groups is 1. The monoisotopic (exact) mass is 417 g/mol. The Kier molecular flexibility index (Phi) is 4.87. The highest BCUT2D eigenvalue weighted by Gasteiger charge is 2.20. The number of rotatable bonds is 4. The molecule has 0 amide bonds. The highest BCUT2D eigenvalue weighted by molar-refractivity contribution is 9.10. The van der Waals surface area contributed by atoms with Gasteiger partial charge in [-0.1, -0.05) is 76.1 Å². The maximum Gasteiger partial charge on any atom is 0.120 e.